The third-order valence-electron chi connectivity index (χ3n) is 2.08. The van der Waals surface area contributed by atoms with E-state index in [4.69, 9.17) is 5.26 Å². The molecule has 0 heterocycles. The summed E-state index contributed by atoms with van der Waals surface area (Å²) in [7, 11) is 0. The third kappa shape index (κ3) is 8.00. The first-order valence-corrected chi connectivity index (χ1v) is 5.45. The van der Waals surface area contributed by atoms with Crippen molar-refractivity contribution in [2.45, 2.75) is 58.0 Å². The van der Waals surface area contributed by atoms with Crippen molar-refractivity contribution in [3.8, 4) is 6.07 Å². The van der Waals surface area contributed by atoms with E-state index in [-0.39, 0.29) is 12.5 Å². The van der Waals surface area contributed by atoms with Gasteiger partial charge in [-0.3, -0.25) is 5.32 Å². The highest BCUT2D eigenvalue weighted by atomic mass is 19.4. The van der Waals surface area contributed by atoms with Crippen molar-refractivity contribution in [1.29, 1.82) is 5.26 Å². The SMILES string of the molecule is CC(C)NC(C)(C#N)CC(C)OCC(F)(F)F. The van der Waals surface area contributed by atoms with Gasteiger partial charge in [-0.2, -0.15) is 18.4 Å². The monoisotopic (exact) mass is 252 g/mol. The van der Waals surface area contributed by atoms with Crippen LogP contribution >= 0.6 is 0 Å². The minimum absolute atomic E-state index is 0.0782. The van der Waals surface area contributed by atoms with Gasteiger partial charge >= 0.3 is 6.18 Å². The summed E-state index contributed by atoms with van der Waals surface area (Å²) < 4.78 is 40.5. The molecule has 0 fully saturated rings. The molecule has 1 N–H and O–H groups in total. The summed E-state index contributed by atoms with van der Waals surface area (Å²) in [6.45, 7) is 5.65. The van der Waals surface area contributed by atoms with Crippen LogP contribution in [0.15, 0.2) is 0 Å². The molecular formula is C11H19F3N2O. The van der Waals surface area contributed by atoms with E-state index in [0.29, 0.717) is 0 Å². The quantitative estimate of drug-likeness (QED) is 0.790. The summed E-state index contributed by atoms with van der Waals surface area (Å²) in [5, 5.41) is 12.0. The Morgan fingerprint density at radius 3 is 2.18 bits per heavy atom. The number of nitrogens with zero attached hydrogens (tertiary/aromatic N) is 1. The summed E-state index contributed by atoms with van der Waals surface area (Å²) in [5.41, 5.74) is -0.876. The van der Waals surface area contributed by atoms with Crippen LogP contribution in [0.2, 0.25) is 0 Å². The second-order valence-corrected chi connectivity index (χ2v) is 4.68. The summed E-state index contributed by atoms with van der Waals surface area (Å²) in [6.07, 6.45) is -4.76. The van der Waals surface area contributed by atoms with E-state index in [0.717, 1.165) is 0 Å². The van der Waals surface area contributed by atoms with Gasteiger partial charge in [-0.1, -0.05) is 0 Å². The van der Waals surface area contributed by atoms with E-state index < -0.39 is 24.4 Å². The van der Waals surface area contributed by atoms with Crippen LogP contribution in [0.25, 0.3) is 0 Å². The van der Waals surface area contributed by atoms with Gasteiger partial charge in [0.05, 0.1) is 12.2 Å². The van der Waals surface area contributed by atoms with Crippen LogP contribution in [-0.2, 0) is 4.74 Å². The van der Waals surface area contributed by atoms with Gasteiger partial charge in [-0.15, -0.1) is 0 Å². The van der Waals surface area contributed by atoms with Crippen LogP contribution in [0.5, 0.6) is 0 Å². The number of hydrogen-bond acceptors (Lipinski definition) is 3. The molecule has 2 atom stereocenters. The number of hydrogen-bond donors (Lipinski definition) is 1. The molecule has 0 saturated heterocycles. The van der Waals surface area contributed by atoms with E-state index >= 15 is 0 Å². The predicted octanol–water partition coefficient (Wildman–Crippen LogP) is 2.62. The molecule has 0 aromatic rings. The smallest absolute Gasteiger partial charge is 0.369 e. The lowest BCUT2D eigenvalue weighted by atomic mass is 9.95. The zero-order chi connectivity index (χ0) is 13.7. The Balaban J connectivity index is 4.25. The van der Waals surface area contributed by atoms with Gasteiger partial charge < -0.3 is 4.74 Å². The van der Waals surface area contributed by atoms with Gasteiger partial charge in [-0.05, 0) is 27.7 Å². The standard InChI is InChI=1S/C11H19F3N2O/c1-8(2)16-10(4,6-15)5-9(3)17-7-11(12,13)14/h8-9,16H,5,7H2,1-4H3. The number of ether oxygens (including phenoxy) is 1. The summed E-state index contributed by atoms with van der Waals surface area (Å²) in [5.74, 6) is 0. The van der Waals surface area contributed by atoms with Gasteiger partial charge in [0.2, 0.25) is 0 Å². The van der Waals surface area contributed by atoms with E-state index in [2.05, 4.69) is 16.1 Å². The molecule has 0 saturated carbocycles. The van der Waals surface area contributed by atoms with Crippen LogP contribution in [0.3, 0.4) is 0 Å². The van der Waals surface area contributed by atoms with Crippen LogP contribution in [0, 0.1) is 11.3 Å². The first kappa shape index (κ1) is 16.2. The minimum atomic E-state index is -4.33. The summed E-state index contributed by atoms with van der Waals surface area (Å²) >= 11 is 0. The first-order chi connectivity index (χ1) is 7.58. The molecule has 0 radical (unpaired) electrons. The van der Waals surface area contributed by atoms with Gasteiger partial charge in [0, 0.05) is 12.5 Å². The fraction of sp³-hybridized carbons (Fsp3) is 0.909. The molecule has 0 aliphatic heterocycles. The van der Waals surface area contributed by atoms with Crippen LogP contribution in [-0.4, -0.2) is 30.5 Å². The number of rotatable bonds is 6. The Morgan fingerprint density at radius 2 is 1.82 bits per heavy atom. The highest BCUT2D eigenvalue weighted by molar-refractivity contribution is 5.05. The van der Waals surface area contributed by atoms with Crippen LogP contribution in [0.1, 0.15) is 34.1 Å². The highest BCUT2D eigenvalue weighted by Crippen LogP contribution is 2.19. The number of nitriles is 1. The molecule has 0 aliphatic rings. The Bertz CT molecular complexity index is 273. The Hall–Kier alpha value is -0.800. The maximum atomic E-state index is 11.9. The molecule has 0 aromatic carbocycles. The van der Waals surface area contributed by atoms with E-state index in [1.165, 1.54) is 6.92 Å². The average Bonchev–Trinajstić information content (AvgIpc) is 2.12. The first-order valence-electron chi connectivity index (χ1n) is 5.45. The second-order valence-electron chi connectivity index (χ2n) is 4.68. The van der Waals surface area contributed by atoms with Gasteiger partial charge in [0.25, 0.3) is 0 Å². The molecular weight excluding hydrogens is 233 g/mol. The zero-order valence-electron chi connectivity index (χ0n) is 10.6. The largest absolute Gasteiger partial charge is 0.411 e. The van der Waals surface area contributed by atoms with Gasteiger partial charge in [-0.25, -0.2) is 0 Å². The lowest BCUT2D eigenvalue weighted by Crippen LogP contribution is -2.47. The van der Waals surface area contributed by atoms with Crippen molar-refractivity contribution in [2.24, 2.45) is 0 Å². The number of nitrogens with one attached hydrogen (secondary N) is 1. The molecule has 17 heavy (non-hydrogen) atoms. The molecule has 2 unspecified atom stereocenters. The summed E-state index contributed by atoms with van der Waals surface area (Å²) in [4.78, 5) is 0. The normalized spacial score (nSPS) is 17.6. The van der Waals surface area contributed by atoms with Gasteiger partial charge in [0.1, 0.15) is 12.1 Å². The molecule has 3 nitrogen and oxygen atoms in total. The van der Waals surface area contributed by atoms with Gasteiger partial charge in [0.15, 0.2) is 0 Å². The molecule has 100 valence electrons. The average molecular weight is 252 g/mol. The Kier molecular flexibility index (Phi) is 5.93. The molecule has 0 amide bonds. The van der Waals surface area contributed by atoms with Crippen molar-refractivity contribution in [2.75, 3.05) is 6.61 Å². The summed E-state index contributed by atoms with van der Waals surface area (Å²) in [6, 6.07) is 2.14. The van der Waals surface area contributed by atoms with Crippen molar-refractivity contribution < 1.29 is 17.9 Å². The van der Waals surface area contributed by atoms with Crippen molar-refractivity contribution in [3.63, 3.8) is 0 Å². The number of alkyl halides is 3. The lowest BCUT2D eigenvalue weighted by molar-refractivity contribution is -0.185. The molecule has 0 spiro atoms. The van der Waals surface area contributed by atoms with Crippen LogP contribution < -0.4 is 5.32 Å². The highest BCUT2D eigenvalue weighted by Gasteiger charge is 2.31. The second kappa shape index (κ2) is 6.22. The molecule has 0 aliphatic carbocycles. The molecule has 0 bridgehead atoms. The minimum Gasteiger partial charge on any atom is -0.369 e. The fourth-order valence-electron chi connectivity index (χ4n) is 1.64. The Morgan fingerprint density at radius 1 is 1.29 bits per heavy atom. The zero-order valence-corrected chi connectivity index (χ0v) is 10.6. The maximum absolute atomic E-state index is 11.9. The lowest BCUT2D eigenvalue weighted by Gasteiger charge is -2.28. The number of halogens is 3. The fourth-order valence-corrected chi connectivity index (χ4v) is 1.64. The molecule has 6 heteroatoms. The Labute approximate surface area is 99.9 Å². The van der Waals surface area contributed by atoms with Crippen molar-refractivity contribution in [1.82, 2.24) is 5.32 Å². The van der Waals surface area contributed by atoms with E-state index in [1.807, 2.05) is 13.8 Å². The van der Waals surface area contributed by atoms with Crippen LogP contribution in [0.4, 0.5) is 13.2 Å². The third-order valence-corrected chi connectivity index (χ3v) is 2.08. The molecule has 0 aromatic heterocycles. The van der Waals surface area contributed by atoms with E-state index in [9.17, 15) is 13.2 Å². The maximum Gasteiger partial charge on any atom is 0.411 e. The van der Waals surface area contributed by atoms with Crippen molar-refractivity contribution in [3.05, 3.63) is 0 Å². The molecule has 0 rings (SSSR count). The van der Waals surface area contributed by atoms with Crippen molar-refractivity contribution >= 4 is 0 Å². The topological polar surface area (TPSA) is 45.0 Å². The van der Waals surface area contributed by atoms with E-state index in [1.54, 1.807) is 6.92 Å². The predicted molar refractivity (Wildman–Crippen MR) is 58.4 cm³/mol.